The molecule has 0 aliphatic carbocycles. The fraction of sp³-hybridized carbons (Fsp3) is 0.286. The third-order valence-electron chi connectivity index (χ3n) is 3.66. The highest BCUT2D eigenvalue weighted by Gasteiger charge is 2.20. The molecule has 0 unspecified atom stereocenters. The molecule has 3 aromatic heterocycles. The van der Waals surface area contributed by atoms with Crippen LogP contribution < -0.4 is 10.6 Å². The highest BCUT2D eigenvalue weighted by atomic mass is 35.5. The first kappa shape index (κ1) is 14.2. The number of fused-ring (bicyclic) bond motifs is 1. The maximum absolute atomic E-state index is 6.19. The maximum Gasteiger partial charge on any atom is 0.227 e. The topological polar surface area (TPSA) is 94.5 Å². The van der Waals surface area contributed by atoms with Crippen LogP contribution in [0.5, 0.6) is 0 Å². The van der Waals surface area contributed by atoms with E-state index >= 15 is 0 Å². The number of anilines is 2. The van der Waals surface area contributed by atoms with Crippen LogP contribution in [0.3, 0.4) is 0 Å². The Morgan fingerprint density at radius 2 is 2.04 bits per heavy atom. The molecular formula is C14H14ClN7O. The monoisotopic (exact) mass is 331 g/mol. The van der Waals surface area contributed by atoms with Gasteiger partial charge in [-0.1, -0.05) is 11.6 Å². The predicted molar refractivity (Wildman–Crippen MR) is 86.5 cm³/mol. The Balaban J connectivity index is 1.84. The van der Waals surface area contributed by atoms with Crippen LogP contribution in [0.25, 0.3) is 16.9 Å². The van der Waals surface area contributed by atoms with Crippen molar-refractivity contribution in [3.63, 3.8) is 0 Å². The van der Waals surface area contributed by atoms with Crippen LogP contribution in [0.15, 0.2) is 24.5 Å². The Hall–Kier alpha value is -2.45. The van der Waals surface area contributed by atoms with Gasteiger partial charge in [-0.3, -0.25) is 0 Å². The van der Waals surface area contributed by atoms with E-state index in [1.165, 1.54) is 0 Å². The summed E-state index contributed by atoms with van der Waals surface area (Å²) in [6, 6.07) is 3.46. The fourth-order valence-electron chi connectivity index (χ4n) is 2.59. The molecule has 23 heavy (non-hydrogen) atoms. The smallest absolute Gasteiger partial charge is 0.227 e. The Labute approximate surface area is 136 Å². The molecule has 0 aromatic carbocycles. The van der Waals surface area contributed by atoms with Gasteiger partial charge in [-0.05, 0) is 6.07 Å². The maximum atomic E-state index is 6.19. The molecule has 1 fully saturated rings. The minimum absolute atomic E-state index is 0.353. The molecule has 0 amide bonds. The molecule has 0 bridgehead atoms. The Bertz CT molecular complexity index is 859. The summed E-state index contributed by atoms with van der Waals surface area (Å²) < 4.78 is 6.98. The van der Waals surface area contributed by atoms with Crippen LogP contribution in [-0.4, -0.2) is 50.9 Å². The lowest BCUT2D eigenvalue weighted by atomic mass is 10.2. The predicted octanol–water partition coefficient (Wildman–Crippen LogP) is 1.26. The molecule has 1 aliphatic rings. The van der Waals surface area contributed by atoms with Crippen LogP contribution in [-0.2, 0) is 4.74 Å². The van der Waals surface area contributed by atoms with Crippen molar-refractivity contribution >= 4 is 29.0 Å². The SMILES string of the molecule is Nc1nn2cccnc2c1-c1cc(Cl)nc(N2CCOCC2)n1. The molecule has 0 atom stereocenters. The summed E-state index contributed by atoms with van der Waals surface area (Å²) in [6.45, 7) is 2.74. The minimum Gasteiger partial charge on any atom is -0.382 e. The van der Waals surface area contributed by atoms with Crippen molar-refractivity contribution in [2.75, 3.05) is 36.9 Å². The van der Waals surface area contributed by atoms with E-state index < -0.39 is 0 Å². The van der Waals surface area contributed by atoms with E-state index in [9.17, 15) is 0 Å². The molecule has 1 saturated heterocycles. The average molecular weight is 332 g/mol. The summed E-state index contributed by atoms with van der Waals surface area (Å²) in [7, 11) is 0. The van der Waals surface area contributed by atoms with Gasteiger partial charge in [0.2, 0.25) is 5.95 Å². The van der Waals surface area contributed by atoms with Crippen molar-refractivity contribution in [1.82, 2.24) is 24.6 Å². The minimum atomic E-state index is 0.353. The molecule has 0 spiro atoms. The van der Waals surface area contributed by atoms with Gasteiger partial charge < -0.3 is 15.4 Å². The van der Waals surface area contributed by atoms with Gasteiger partial charge >= 0.3 is 0 Å². The van der Waals surface area contributed by atoms with Gasteiger partial charge in [-0.2, -0.15) is 0 Å². The van der Waals surface area contributed by atoms with Crippen LogP contribution in [0.1, 0.15) is 0 Å². The van der Waals surface area contributed by atoms with Crippen molar-refractivity contribution in [2.24, 2.45) is 0 Å². The second-order valence-corrected chi connectivity index (χ2v) is 5.51. The molecule has 118 valence electrons. The number of rotatable bonds is 2. The van der Waals surface area contributed by atoms with E-state index in [1.54, 1.807) is 29.0 Å². The number of aromatic nitrogens is 5. The van der Waals surface area contributed by atoms with Gasteiger partial charge in [0.05, 0.1) is 24.5 Å². The van der Waals surface area contributed by atoms with E-state index in [4.69, 9.17) is 22.1 Å². The second-order valence-electron chi connectivity index (χ2n) is 5.12. The van der Waals surface area contributed by atoms with Crippen LogP contribution in [0.4, 0.5) is 11.8 Å². The zero-order chi connectivity index (χ0) is 15.8. The van der Waals surface area contributed by atoms with Crippen LogP contribution >= 0.6 is 11.6 Å². The number of nitrogens with two attached hydrogens (primary N) is 1. The van der Waals surface area contributed by atoms with Gasteiger partial charge in [0.25, 0.3) is 0 Å². The standard InChI is InChI=1S/C14H14ClN7O/c15-10-8-9(18-14(19-10)21-4-6-23-7-5-21)11-12(16)20-22-3-1-2-17-13(11)22/h1-3,8H,4-7H2,(H2,16,20). The number of halogens is 1. The molecule has 0 saturated carbocycles. The number of ether oxygens (including phenoxy) is 1. The summed E-state index contributed by atoms with van der Waals surface area (Å²) in [5.74, 6) is 0.914. The van der Waals surface area contributed by atoms with E-state index in [0.717, 1.165) is 13.1 Å². The fourth-order valence-corrected chi connectivity index (χ4v) is 2.77. The largest absolute Gasteiger partial charge is 0.382 e. The molecule has 4 rings (SSSR count). The zero-order valence-corrected chi connectivity index (χ0v) is 12.9. The van der Waals surface area contributed by atoms with Crippen molar-refractivity contribution in [2.45, 2.75) is 0 Å². The number of nitrogen functional groups attached to an aromatic ring is 1. The van der Waals surface area contributed by atoms with Crippen molar-refractivity contribution < 1.29 is 4.74 Å². The molecular weight excluding hydrogens is 318 g/mol. The number of hydrogen-bond donors (Lipinski definition) is 1. The molecule has 8 nitrogen and oxygen atoms in total. The Morgan fingerprint density at radius 3 is 2.87 bits per heavy atom. The third kappa shape index (κ3) is 2.55. The summed E-state index contributed by atoms with van der Waals surface area (Å²) in [4.78, 5) is 15.3. The first-order valence-corrected chi connectivity index (χ1v) is 7.56. The van der Waals surface area contributed by atoms with Crippen molar-refractivity contribution in [3.8, 4) is 11.3 Å². The third-order valence-corrected chi connectivity index (χ3v) is 3.85. The lowest BCUT2D eigenvalue weighted by Crippen LogP contribution is -2.37. The first-order valence-electron chi connectivity index (χ1n) is 7.19. The van der Waals surface area contributed by atoms with E-state index in [-0.39, 0.29) is 0 Å². The number of hydrogen-bond acceptors (Lipinski definition) is 7. The Kier molecular flexibility index (Phi) is 3.47. The molecule has 2 N–H and O–H groups in total. The van der Waals surface area contributed by atoms with Crippen molar-refractivity contribution in [3.05, 3.63) is 29.7 Å². The second kappa shape index (κ2) is 5.64. The van der Waals surface area contributed by atoms with E-state index in [2.05, 4.69) is 20.1 Å². The van der Waals surface area contributed by atoms with Gasteiger partial charge in [-0.25, -0.2) is 19.5 Å². The van der Waals surface area contributed by atoms with Gasteiger partial charge in [-0.15, -0.1) is 5.10 Å². The highest BCUT2D eigenvalue weighted by molar-refractivity contribution is 6.29. The lowest BCUT2D eigenvalue weighted by molar-refractivity contribution is 0.122. The summed E-state index contributed by atoms with van der Waals surface area (Å²) >= 11 is 6.19. The lowest BCUT2D eigenvalue weighted by Gasteiger charge is -2.27. The van der Waals surface area contributed by atoms with E-state index in [0.29, 0.717) is 47.0 Å². The number of nitrogens with zero attached hydrogens (tertiary/aromatic N) is 6. The first-order chi connectivity index (χ1) is 11.2. The summed E-state index contributed by atoms with van der Waals surface area (Å²) in [6.07, 6.45) is 3.47. The molecule has 4 heterocycles. The van der Waals surface area contributed by atoms with E-state index in [1.807, 2.05) is 4.90 Å². The average Bonchev–Trinajstić information content (AvgIpc) is 2.91. The van der Waals surface area contributed by atoms with Crippen molar-refractivity contribution in [1.29, 1.82) is 0 Å². The van der Waals surface area contributed by atoms with Crippen LogP contribution in [0.2, 0.25) is 5.15 Å². The quantitative estimate of drug-likeness (QED) is 0.706. The van der Waals surface area contributed by atoms with Gasteiger partial charge in [0, 0.05) is 31.5 Å². The zero-order valence-electron chi connectivity index (χ0n) is 12.2. The van der Waals surface area contributed by atoms with Crippen LogP contribution in [0, 0.1) is 0 Å². The highest BCUT2D eigenvalue weighted by Crippen LogP contribution is 2.30. The molecule has 1 aliphatic heterocycles. The molecule has 9 heteroatoms. The number of morpholine rings is 1. The Morgan fingerprint density at radius 1 is 1.22 bits per heavy atom. The van der Waals surface area contributed by atoms with Gasteiger partial charge in [0.15, 0.2) is 11.5 Å². The van der Waals surface area contributed by atoms with Gasteiger partial charge in [0.1, 0.15) is 5.15 Å². The normalized spacial score (nSPS) is 15.3. The summed E-state index contributed by atoms with van der Waals surface area (Å²) in [5, 5.41) is 4.61. The molecule has 0 radical (unpaired) electrons. The molecule has 3 aromatic rings. The summed E-state index contributed by atoms with van der Waals surface area (Å²) in [5.41, 5.74) is 7.95.